The SMILES string of the molecule is CC(=O)OCC1O[C@@H](O)[C@@H](OC(C)=O)[C@@H](OC(C)=O)[C@@H]1OC(C)=O. The van der Waals surface area contributed by atoms with Crippen molar-refractivity contribution in [3.05, 3.63) is 0 Å². The van der Waals surface area contributed by atoms with E-state index in [4.69, 9.17) is 23.7 Å². The predicted molar refractivity (Wildman–Crippen MR) is 74.2 cm³/mol. The van der Waals surface area contributed by atoms with Gasteiger partial charge in [-0.25, -0.2) is 0 Å². The van der Waals surface area contributed by atoms with Crippen LogP contribution in [0.15, 0.2) is 0 Å². The molecule has 1 aliphatic heterocycles. The highest BCUT2D eigenvalue weighted by molar-refractivity contribution is 5.68. The van der Waals surface area contributed by atoms with E-state index in [1.807, 2.05) is 0 Å². The minimum Gasteiger partial charge on any atom is -0.463 e. The second-order valence-electron chi connectivity index (χ2n) is 5.09. The highest BCUT2D eigenvalue weighted by Crippen LogP contribution is 2.28. The maximum absolute atomic E-state index is 11.3. The molecular formula is C14H20O10. The second kappa shape index (κ2) is 8.60. The molecular weight excluding hydrogens is 328 g/mol. The molecule has 10 nitrogen and oxygen atoms in total. The van der Waals surface area contributed by atoms with Crippen LogP contribution in [0.3, 0.4) is 0 Å². The monoisotopic (exact) mass is 348 g/mol. The van der Waals surface area contributed by atoms with Crippen molar-refractivity contribution in [1.29, 1.82) is 0 Å². The number of ether oxygens (including phenoxy) is 5. The van der Waals surface area contributed by atoms with Gasteiger partial charge in [-0.3, -0.25) is 19.2 Å². The molecule has 5 atom stereocenters. The molecule has 0 aliphatic carbocycles. The van der Waals surface area contributed by atoms with Gasteiger partial charge in [0.15, 0.2) is 24.6 Å². The highest BCUT2D eigenvalue weighted by Gasteiger charge is 2.51. The van der Waals surface area contributed by atoms with Crippen LogP contribution < -0.4 is 0 Å². The van der Waals surface area contributed by atoms with Gasteiger partial charge in [0.05, 0.1) is 0 Å². The average Bonchev–Trinajstić information content (AvgIpc) is 2.42. The van der Waals surface area contributed by atoms with Crippen molar-refractivity contribution in [2.24, 2.45) is 0 Å². The molecule has 0 aromatic rings. The van der Waals surface area contributed by atoms with E-state index in [2.05, 4.69) is 0 Å². The number of esters is 4. The lowest BCUT2D eigenvalue weighted by Crippen LogP contribution is -2.62. The van der Waals surface area contributed by atoms with Crippen molar-refractivity contribution >= 4 is 23.9 Å². The second-order valence-corrected chi connectivity index (χ2v) is 5.09. The Kier molecular flexibility index (Phi) is 7.11. The van der Waals surface area contributed by atoms with Crippen LogP contribution in [0.25, 0.3) is 0 Å². The molecule has 0 radical (unpaired) electrons. The van der Waals surface area contributed by atoms with Crippen LogP contribution in [0.5, 0.6) is 0 Å². The summed E-state index contributed by atoms with van der Waals surface area (Å²) in [4.78, 5) is 44.9. The lowest BCUT2D eigenvalue weighted by Gasteiger charge is -2.42. The van der Waals surface area contributed by atoms with E-state index in [1.165, 1.54) is 0 Å². The van der Waals surface area contributed by atoms with Crippen molar-refractivity contribution in [3.63, 3.8) is 0 Å². The van der Waals surface area contributed by atoms with E-state index >= 15 is 0 Å². The molecule has 0 amide bonds. The fourth-order valence-electron chi connectivity index (χ4n) is 2.21. The van der Waals surface area contributed by atoms with E-state index in [0.29, 0.717) is 0 Å². The minimum atomic E-state index is -1.68. The van der Waals surface area contributed by atoms with Gasteiger partial charge in [-0.1, -0.05) is 0 Å². The summed E-state index contributed by atoms with van der Waals surface area (Å²) in [7, 11) is 0. The van der Waals surface area contributed by atoms with Crippen LogP contribution in [0.4, 0.5) is 0 Å². The van der Waals surface area contributed by atoms with E-state index in [0.717, 1.165) is 27.7 Å². The molecule has 0 saturated carbocycles. The molecule has 1 saturated heterocycles. The predicted octanol–water partition coefficient (Wildman–Crippen LogP) is -0.938. The summed E-state index contributed by atoms with van der Waals surface area (Å²) >= 11 is 0. The summed E-state index contributed by atoms with van der Waals surface area (Å²) in [6.45, 7) is 4.09. The summed E-state index contributed by atoms with van der Waals surface area (Å²) in [5.41, 5.74) is 0. The van der Waals surface area contributed by atoms with E-state index in [9.17, 15) is 24.3 Å². The summed E-state index contributed by atoms with van der Waals surface area (Å²) in [6.07, 6.45) is -6.79. The Morgan fingerprint density at radius 2 is 1.25 bits per heavy atom. The number of carbonyl (C=O) groups excluding carboxylic acids is 4. The third-order valence-corrected chi connectivity index (χ3v) is 2.97. The minimum absolute atomic E-state index is 0.366. The summed E-state index contributed by atoms with van der Waals surface area (Å²) in [5, 5.41) is 10.0. The Hall–Kier alpha value is -2.20. The molecule has 1 heterocycles. The molecule has 0 spiro atoms. The topological polar surface area (TPSA) is 135 Å². The molecule has 10 heteroatoms. The summed E-state index contributed by atoms with van der Waals surface area (Å²) in [5.74, 6) is -2.87. The zero-order chi connectivity index (χ0) is 18.4. The molecule has 1 N–H and O–H groups in total. The Bertz CT molecular complexity index is 502. The van der Waals surface area contributed by atoms with Crippen molar-refractivity contribution in [2.45, 2.75) is 58.4 Å². The third kappa shape index (κ3) is 5.78. The van der Waals surface area contributed by atoms with E-state index in [1.54, 1.807) is 0 Å². The normalized spacial score (nSPS) is 29.3. The Balaban J connectivity index is 3.11. The molecule has 1 rings (SSSR count). The first-order chi connectivity index (χ1) is 11.1. The number of hydrogen-bond donors (Lipinski definition) is 1. The van der Waals surface area contributed by atoms with Gasteiger partial charge in [0.25, 0.3) is 0 Å². The molecule has 0 bridgehead atoms. The quantitative estimate of drug-likeness (QED) is 0.490. The van der Waals surface area contributed by atoms with Crippen LogP contribution in [0.2, 0.25) is 0 Å². The van der Waals surface area contributed by atoms with Gasteiger partial charge >= 0.3 is 23.9 Å². The maximum Gasteiger partial charge on any atom is 0.303 e. The fourth-order valence-corrected chi connectivity index (χ4v) is 2.21. The largest absolute Gasteiger partial charge is 0.463 e. The zero-order valence-corrected chi connectivity index (χ0v) is 13.7. The number of carbonyl (C=O) groups is 4. The van der Waals surface area contributed by atoms with E-state index < -0.39 is 54.6 Å². The van der Waals surface area contributed by atoms with Crippen molar-refractivity contribution in [3.8, 4) is 0 Å². The van der Waals surface area contributed by atoms with Crippen molar-refractivity contribution in [2.75, 3.05) is 6.61 Å². The maximum atomic E-state index is 11.3. The Labute approximate surface area is 137 Å². The van der Waals surface area contributed by atoms with Gasteiger partial charge in [0.2, 0.25) is 0 Å². The van der Waals surface area contributed by atoms with Gasteiger partial charge < -0.3 is 28.8 Å². The standard InChI is InChI=1S/C14H20O10/c1-6(15)20-5-10-11(21-7(2)16)12(22-8(3)17)13(14(19)24-10)23-9(4)18/h10-14,19H,5H2,1-4H3/t10?,11-,12+,13+,14-/m1/s1. The Morgan fingerprint density at radius 1 is 0.792 bits per heavy atom. The first-order valence-electron chi connectivity index (χ1n) is 7.10. The smallest absolute Gasteiger partial charge is 0.303 e. The molecule has 1 unspecified atom stereocenters. The molecule has 1 aliphatic rings. The van der Waals surface area contributed by atoms with Crippen LogP contribution in [-0.4, -0.2) is 66.3 Å². The van der Waals surface area contributed by atoms with Gasteiger partial charge in [0.1, 0.15) is 12.7 Å². The lowest BCUT2D eigenvalue weighted by atomic mass is 9.98. The first kappa shape index (κ1) is 19.8. The summed E-state index contributed by atoms with van der Waals surface area (Å²) in [6, 6.07) is 0. The lowest BCUT2D eigenvalue weighted by molar-refractivity contribution is -0.296. The number of hydrogen-bond acceptors (Lipinski definition) is 10. The number of rotatable bonds is 5. The zero-order valence-electron chi connectivity index (χ0n) is 13.7. The molecule has 1 fully saturated rings. The molecule has 0 aromatic carbocycles. The van der Waals surface area contributed by atoms with Crippen molar-refractivity contribution in [1.82, 2.24) is 0 Å². The first-order valence-corrected chi connectivity index (χ1v) is 7.10. The van der Waals surface area contributed by atoms with Crippen molar-refractivity contribution < 1.29 is 48.0 Å². The van der Waals surface area contributed by atoms with Crippen LogP contribution in [0, 0.1) is 0 Å². The van der Waals surface area contributed by atoms with Gasteiger partial charge in [-0.05, 0) is 0 Å². The van der Waals surface area contributed by atoms with Gasteiger partial charge in [-0.15, -0.1) is 0 Å². The number of aliphatic hydroxyl groups excluding tert-OH is 1. The van der Waals surface area contributed by atoms with Gasteiger partial charge in [-0.2, -0.15) is 0 Å². The average molecular weight is 348 g/mol. The molecule has 136 valence electrons. The van der Waals surface area contributed by atoms with E-state index in [-0.39, 0.29) is 6.61 Å². The molecule has 0 aromatic heterocycles. The molecule has 24 heavy (non-hydrogen) atoms. The van der Waals surface area contributed by atoms with Crippen LogP contribution in [-0.2, 0) is 42.9 Å². The number of aliphatic hydroxyl groups is 1. The third-order valence-electron chi connectivity index (χ3n) is 2.97. The van der Waals surface area contributed by atoms with Gasteiger partial charge in [0, 0.05) is 27.7 Å². The Morgan fingerprint density at radius 3 is 1.71 bits per heavy atom. The fraction of sp³-hybridized carbons (Fsp3) is 0.714. The van der Waals surface area contributed by atoms with Crippen LogP contribution >= 0.6 is 0 Å². The highest BCUT2D eigenvalue weighted by atomic mass is 16.7. The van der Waals surface area contributed by atoms with Crippen LogP contribution in [0.1, 0.15) is 27.7 Å². The summed E-state index contributed by atoms with van der Waals surface area (Å²) < 4.78 is 25.0.